The van der Waals surface area contributed by atoms with E-state index in [9.17, 15) is 0 Å². The Hall–Kier alpha value is -1.87. The lowest BCUT2D eigenvalue weighted by Crippen LogP contribution is -2.18. The minimum Gasteiger partial charge on any atom is -0.497 e. The maximum absolute atomic E-state index is 5.16. The average molecular weight is 256 g/mol. The standard InChI is InChI=1S/C16H20N2O/c1-12-4-7-15(18-10-12)11-17-13(2)14-5-8-16(19-3)9-6-14/h4-10,13,17H,11H2,1-3H3/t13-/m0/s1. The van der Waals surface area contributed by atoms with Crippen molar-refractivity contribution < 1.29 is 4.74 Å². The van der Waals surface area contributed by atoms with Crippen molar-refractivity contribution in [1.82, 2.24) is 10.3 Å². The van der Waals surface area contributed by atoms with Crippen LogP contribution in [0.25, 0.3) is 0 Å². The van der Waals surface area contributed by atoms with E-state index in [-0.39, 0.29) is 6.04 Å². The minimum absolute atomic E-state index is 0.286. The molecule has 0 aliphatic rings. The number of aryl methyl sites for hydroxylation is 1. The van der Waals surface area contributed by atoms with Crippen LogP contribution in [-0.4, -0.2) is 12.1 Å². The van der Waals surface area contributed by atoms with Crippen molar-refractivity contribution in [2.45, 2.75) is 26.4 Å². The van der Waals surface area contributed by atoms with Gasteiger partial charge < -0.3 is 10.1 Å². The first-order chi connectivity index (χ1) is 9.19. The second kappa shape index (κ2) is 6.34. The lowest BCUT2D eigenvalue weighted by molar-refractivity contribution is 0.414. The highest BCUT2D eigenvalue weighted by Gasteiger charge is 2.05. The van der Waals surface area contributed by atoms with Crippen LogP contribution in [0, 0.1) is 6.92 Å². The summed E-state index contributed by atoms with van der Waals surface area (Å²) in [6.07, 6.45) is 1.90. The number of rotatable bonds is 5. The van der Waals surface area contributed by atoms with E-state index in [1.54, 1.807) is 7.11 Å². The molecular formula is C16H20N2O. The summed E-state index contributed by atoms with van der Waals surface area (Å²) in [5.41, 5.74) is 3.49. The van der Waals surface area contributed by atoms with Gasteiger partial charge in [-0.15, -0.1) is 0 Å². The third-order valence-electron chi connectivity index (χ3n) is 3.18. The van der Waals surface area contributed by atoms with Crippen molar-refractivity contribution in [3.63, 3.8) is 0 Å². The summed E-state index contributed by atoms with van der Waals surface area (Å²) in [4.78, 5) is 4.39. The molecule has 1 atom stereocenters. The van der Waals surface area contributed by atoms with E-state index in [1.165, 1.54) is 11.1 Å². The average Bonchev–Trinajstić information content (AvgIpc) is 2.46. The summed E-state index contributed by atoms with van der Waals surface area (Å²) in [6, 6.07) is 12.6. The molecule has 1 heterocycles. The Morgan fingerprint density at radius 2 is 1.89 bits per heavy atom. The molecule has 0 radical (unpaired) electrons. The molecule has 0 spiro atoms. The smallest absolute Gasteiger partial charge is 0.118 e. The van der Waals surface area contributed by atoms with Crippen molar-refractivity contribution in [3.05, 3.63) is 59.4 Å². The molecule has 0 unspecified atom stereocenters. The second-order valence-corrected chi connectivity index (χ2v) is 4.70. The largest absolute Gasteiger partial charge is 0.497 e. The summed E-state index contributed by atoms with van der Waals surface area (Å²) < 4.78 is 5.16. The lowest BCUT2D eigenvalue weighted by Gasteiger charge is -2.14. The van der Waals surface area contributed by atoms with Crippen molar-refractivity contribution in [1.29, 1.82) is 0 Å². The van der Waals surface area contributed by atoms with Gasteiger partial charge in [0.15, 0.2) is 0 Å². The van der Waals surface area contributed by atoms with Gasteiger partial charge in [0.25, 0.3) is 0 Å². The summed E-state index contributed by atoms with van der Waals surface area (Å²) >= 11 is 0. The van der Waals surface area contributed by atoms with Crippen LogP contribution in [-0.2, 0) is 6.54 Å². The normalized spacial score (nSPS) is 12.2. The van der Waals surface area contributed by atoms with Gasteiger partial charge in [-0.25, -0.2) is 0 Å². The Morgan fingerprint density at radius 1 is 1.16 bits per heavy atom. The summed E-state index contributed by atoms with van der Waals surface area (Å²) in [5, 5.41) is 3.47. The molecular weight excluding hydrogens is 236 g/mol. The Labute approximate surface area is 114 Å². The Bertz CT molecular complexity index is 505. The second-order valence-electron chi connectivity index (χ2n) is 4.70. The topological polar surface area (TPSA) is 34.1 Å². The van der Waals surface area contributed by atoms with Crippen LogP contribution in [0.3, 0.4) is 0 Å². The quantitative estimate of drug-likeness (QED) is 0.891. The van der Waals surface area contributed by atoms with Crippen LogP contribution in [0.15, 0.2) is 42.6 Å². The van der Waals surface area contributed by atoms with Crippen LogP contribution in [0.4, 0.5) is 0 Å². The number of ether oxygens (including phenoxy) is 1. The van der Waals surface area contributed by atoms with Crippen LogP contribution in [0.2, 0.25) is 0 Å². The third kappa shape index (κ3) is 3.80. The molecule has 0 amide bonds. The summed E-state index contributed by atoms with van der Waals surface area (Å²) in [5.74, 6) is 0.885. The SMILES string of the molecule is COc1ccc([C@H](C)NCc2ccc(C)cn2)cc1. The Kier molecular flexibility index (Phi) is 4.53. The molecule has 1 aromatic carbocycles. The number of nitrogens with zero attached hydrogens (tertiary/aromatic N) is 1. The van der Waals surface area contributed by atoms with Crippen molar-refractivity contribution in [3.8, 4) is 5.75 Å². The zero-order valence-corrected chi connectivity index (χ0v) is 11.7. The van der Waals surface area contributed by atoms with E-state index in [1.807, 2.05) is 25.3 Å². The van der Waals surface area contributed by atoms with E-state index < -0.39 is 0 Å². The van der Waals surface area contributed by atoms with Gasteiger partial charge in [-0.2, -0.15) is 0 Å². The molecule has 2 rings (SSSR count). The fourth-order valence-corrected chi connectivity index (χ4v) is 1.87. The van der Waals surface area contributed by atoms with E-state index >= 15 is 0 Å². The number of pyridine rings is 1. The van der Waals surface area contributed by atoms with E-state index in [2.05, 4.69) is 41.5 Å². The molecule has 3 nitrogen and oxygen atoms in total. The number of aromatic nitrogens is 1. The van der Waals surface area contributed by atoms with Crippen LogP contribution < -0.4 is 10.1 Å². The zero-order valence-electron chi connectivity index (χ0n) is 11.7. The van der Waals surface area contributed by atoms with Crippen molar-refractivity contribution >= 4 is 0 Å². The maximum atomic E-state index is 5.16. The predicted molar refractivity (Wildman–Crippen MR) is 77.2 cm³/mol. The number of hydrogen-bond acceptors (Lipinski definition) is 3. The fraction of sp³-hybridized carbons (Fsp3) is 0.312. The Balaban J connectivity index is 1.93. The van der Waals surface area contributed by atoms with Gasteiger partial charge in [0.2, 0.25) is 0 Å². The molecule has 0 saturated heterocycles. The molecule has 0 saturated carbocycles. The van der Waals surface area contributed by atoms with Crippen molar-refractivity contribution in [2.24, 2.45) is 0 Å². The molecule has 0 aliphatic carbocycles. The number of hydrogen-bond donors (Lipinski definition) is 1. The molecule has 2 aromatic rings. The number of methoxy groups -OCH3 is 1. The first-order valence-electron chi connectivity index (χ1n) is 6.48. The first kappa shape index (κ1) is 13.6. The number of benzene rings is 1. The zero-order chi connectivity index (χ0) is 13.7. The molecule has 0 aliphatic heterocycles. The monoisotopic (exact) mass is 256 g/mol. The van der Waals surface area contributed by atoms with Gasteiger partial charge in [-0.05, 0) is 43.2 Å². The van der Waals surface area contributed by atoms with Crippen LogP contribution >= 0.6 is 0 Å². The fourth-order valence-electron chi connectivity index (χ4n) is 1.87. The predicted octanol–water partition coefficient (Wildman–Crippen LogP) is 3.25. The van der Waals surface area contributed by atoms with Gasteiger partial charge in [0.1, 0.15) is 5.75 Å². The highest BCUT2D eigenvalue weighted by Crippen LogP contribution is 2.17. The molecule has 100 valence electrons. The third-order valence-corrected chi connectivity index (χ3v) is 3.18. The molecule has 0 fully saturated rings. The molecule has 1 aromatic heterocycles. The van der Waals surface area contributed by atoms with Crippen LogP contribution in [0.5, 0.6) is 5.75 Å². The van der Waals surface area contributed by atoms with Gasteiger partial charge in [0.05, 0.1) is 12.8 Å². The van der Waals surface area contributed by atoms with E-state index in [0.29, 0.717) is 0 Å². The first-order valence-corrected chi connectivity index (χ1v) is 6.48. The molecule has 19 heavy (non-hydrogen) atoms. The number of nitrogens with one attached hydrogen (secondary N) is 1. The molecule has 1 N–H and O–H groups in total. The van der Waals surface area contributed by atoms with Gasteiger partial charge in [-0.1, -0.05) is 18.2 Å². The minimum atomic E-state index is 0.286. The van der Waals surface area contributed by atoms with E-state index in [0.717, 1.165) is 18.0 Å². The summed E-state index contributed by atoms with van der Waals surface area (Å²) in [7, 11) is 1.68. The lowest BCUT2D eigenvalue weighted by atomic mass is 10.1. The Morgan fingerprint density at radius 3 is 2.47 bits per heavy atom. The summed E-state index contributed by atoms with van der Waals surface area (Å²) in [6.45, 7) is 4.97. The highest BCUT2D eigenvalue weighted by atomic mass is 16.5. The van der Waals surface area contributed by atoms with Gasteiger partial charge >= 0.3 is 0 Å². The maximum Gasteiger partial charge on any atom is 0.118 e. The highest BCUT2D eigenvalue weighted by molar-refractivity contribution is 5.28. The molecule has 3 heteroatoms. The van der Waals surface area contributed by atoms with E-state index in [4.69, 9.17) is 4.74 Å². The van der Waals surface area contributed by atoms with Gasteiger partial charge in [-0.3, -0.25) is 4.98 Å². The van der Waals surface area contributed by atoms with Gasteiger partial charge in [0, 0.05) is 18.8 Å². The van der Waals surface area contributed by atoms with Crippen LogP contribution in [0.1, 0.15) is 29.8 Å². The van der Waals surface area contributed by atoms with Crippen molar-refractivity contribution in [2.75, 3.05) is 7.11 Å². The molecule has 0 bridgehead atoms.